The lowest BCUT2D eigenvalue weighted by molar-refractivity contribution is -0.137. The lowest BCUT2D eigenvalue weighted by Gasteiger charge is -2.27. The van der Waals surface area contributed by atoms with Gasteiger partial charge in [-0.2, -0.15) is 0 Å². The highest BCUT2D eigenvalue weighted by atomic mass is 32.1. The van der Waals surface area contributed by atoms with Gasteiger partial charge in [-0.1, -0.05) is 0 Å². The van der Waals surface area contributed by atoms with Crippen molar-refractivity contribution >= 4 is 29.1 Å². The minimum Gasteiger partial charge on any atom is -0.373 e. The predicted octanol–water partition coefficient (Wildman–Crippen LogP) is 0.775. The fourth-order valence-corrected chi connectivity index (χ4v) is 3.97. The van der Waals surface area contributed by atoms with E-state index in [1.165, 1.54) is 4.90 Å². The maximum Gasteiger partial charge on any atom is 0.242 e. The first-order valence-electron chi connectivity index (χ1n) is 6.92. The zero-order valence-corrected chi connectivity index (χ0v) is 12.0. The number of amides is 2. The number of fused-ring (bicyclic) bond motifs is 5. The Kier molecular flexibility index (Phi) is 3.09. The van der Waals surface area contributed by atoms with Crippen molar-refractivity contribution in [3.05, 3.63) is 0 Å². The van der Waals surface area contributed by atoms with Gasteiger partial charge in [0.05, 0.1) is 24.0 Å². The van der Waals surface area contributed by atoms with E-state index < -0.39 is 0 Å². The van der Waals surface area contributed by atoms with E-state index >= 15 is 0 Å². The Balaban J connectivity index is 1.87. The van der Waals surface area contributed by atoms with Crippen molar-refractivity contribution in [2.24, 2.45) is 11.8 Å². The standard InChI is InChI=1S/C13H18N2O3S/c1-3-14(4-2)13(19)15-11(16)9-7-5-6-8(18-7)10(9)12(15)17/h7-10H,3-6H2,1-2H3. The molecule has 0 radical (unpaired) electrons. The highest BCUT2D eigenvalue weighted by molar-refractivity contribution is 7.80. The van der Waals surface area contributed by atoms with Gasteiger partial charge in [0.2, 0.25) is 11.8 Å². The van der Waals surface area contributed by atoms with Crippen LogP contribution in [0.25, 0.3) is 0 Å². The zero-order chi connectivity index (χ0) is 13.7. The Labute approximate surface area is 117 Å². The third kappa shape index (κ3) is 1.66. The maximum atomic E-state index is 12.5. The number of hydrogen-bond donors (Lipinski definition) is 0. The van der Waals surface area contributed by atoms with Crippen molar-refractivity contribution in [3.8, 4) is 0 Å². The van der Waals surface area contributed by atoms with Crippen LogP contribution >= 0.6 is 12.2 Å². The van der Waals surface area contributed by atoms with Gasteiger partial charge in [-0.25, -0.2) is 4.90 Å². The zero-order valence-electron chi connectivity index (χ0n) is 11.2. The third-order valence-electron chi connectivity index (χ3n) is 4.51. The molecule has 3 fully saturated rings. The van der Waals surface area contributed by atoms with Crippen molar-refractivity contribution < 1.29 is 14.3 Å². The Hall–Kier alpha value is -1.01. The molecule has 0 aliphatic carbocycles. The van der Waals surface area contributed by atoms with Crippen LogP contribution in [-0.2, 0) is 14.3 Å². The summed E-state index contributed by atoms with van der Waals surface area (Å²) in [4.78, 5) is 28.0. The Bertz CT molecular complexity index is 421. The molecule has 4 unspecified atom stereocenters. The van der Waals surface area contributed by atoms with Crippen molar-refractivity contribution in [3.63, 3.8) is 0 Å². The molecule has 2 amide bonds. The molecule has 5 nitrogen and oxygen atoms in total. The number of carbonyl (C=O) groups excluding carboxylic acids is 2. The van der Waals surface area contributed by atoms with Gasteiger partial charge in [0.1, 0.15) is 0 Å². The topological polar surface area (TPSA) is 49.9 Å². The number of carbonyl (C=O) groups is 2. The molecule has 0 aromatic heterocycles. The van der Waals surface area contributed by atoms with Gasteiger partial charge in [0.25, 0.3) is 0 Å². The van der Waals surface area contributed by atoms with Crippen LogP contribution in [0, 0.1) is 11.8 Å². The summed E-state index contributed by atoms with van der Waals surface area (Å²) < 4.78 is 5.70. The van der Waals surface area contributed by atoms with Crippen LogP contribution in [0.1, 0.15) is 26.7 Å². The van der Waals surface area contributed by atoms with E-state index in [1.807, 2.05) is 18.7 Å². The Morgan fingerprint density at radius 1 is 1.21 bits per heavy atom. The van der Waals surface area contributed by atoms with Crippen molar-refractivity contribution in [1.82, 2.24) is 9.80 Å². The average molecular weight is 282 g/mol. The minimum absolute atomic E-state index is 0.0732. The second-order valence-electron chi connectivity index (χ2n) is 5.31. The predicted molar refractivity (Wildman–Crippen MR) is 72.2 cm³/mol. The molecule has 3 saturated heterocycles. The van der Waals surface area contributed by atoms with Crippen molar-refractivity contribution in [2.45, 2.75) is 38.9 Å². The molecule has 3 rings (SSSR count). The van der Waals surface area contributed by atoms with Crippen LogP contribution in [0.2, 0.25) is 0 Å². The molecule has 3 aliphatic rings. The number of likely N-dealkylation sites (tertiary alicyclic amines) is 1. The maximum absolute atomic E-state index is 12.5. The number of thiocarbonyl (C=S) groups is 1. The lowest BCUT2D eigenvalue weighted by Crippen LogP contribution is -2.47. The van der Waals surface area contributed by atoms with E-state index in [0.717, 1.165) is 12.8 Å². The first kappa shape index (κ1) is 13.0. The van der Waals surface area contributed by atoms with E-state index in [0.29, 0.717) is 18.2 Å². The fraction of sp³-hybridized carbons (Fsp3) is 0.769. The summed E-state index contributed by atoms with van der Waals surface area (Å²) in [5.74, 6) is -0.891. The van der Waals surface area contributed by atoms with Gasteiger partial charge >= 0.3 is 0 Å². The number of hydrogen-bond acceptors (Lipinski definition) is 4. The Morgan fingerprint density at radius 3 is 2.11 bits per heavy atom. The minimum atomic E-state index is -0.292. The second-order valence-corrected chi connectivity index (χ2v) is 5.67. The number of rotatable bonds is 2. The largest absolute Gasteiger partial charge is 0.373 e. The molecule has 2 bridgehead atoms. The summed E-state index contributed by atoms with van der Waals surface area (Å²) in [6.07, 6.45) is 1.62. The van der Waals surface area contributed by atoms with E-state index in [-0.39, 0.29) is 35.9 Å². The van der Waals surface area contributed by atoms with Crippen LogP contribution in [-0.4, -0.2) is 52.0 Å². The molecule has 19 heavy (non-hydrogen) atoms. The van der Waals surface area contributed by atoms with Gasteiger partial charge in [0, 0.05) is 13.1 Å². The normalized spacial score (nSPS) is 36.0. The molecular weight excluding hydrogens is 264 g/mol. The summed E-state index contributed by atoms with van der Waals surface area (Å²) in [7, 11) is 0. The average Bonchev–Trinajstić information content (AvgIpc) is 3.05. The molecule has 0 saturated carbocycles. The van der Waals surface area contributed by atoms with Crippen molar-refractivity contribution in [2.75, 3.05) is 13.1 Å². The summed E-state index contributed by atoms with van der Waals surface area (Å²) in [6.45, 7) is 5.33. The van der Waals surface area contributed by atoms with Gasteiger partial charge < -0.3 is 9.64 Å². The van der Waals surface area contributed by atoms with Crippen LogP contribution in [0.4, 0.5) is 0 Å². The van der Waals surface area contributed by atoms with E-state index in [1.54, 1.807) is 0 Å². The van der Waals surface area contributed by atoms with E-state index in [4.69, 9.17) is 17.0 Å². The smallest absolute Gasteiger partial charge is 0.242 e. The highest BCUT2D eigenvalue weighted by Gasteiger charge is 2.63. The van der Waals surface area contributed by atoms with E-state index in [9.17, 15) is 9.59 Å². The second kappa shape index (κ2) is 4.52. The van der Waals surface area contributed by atoms with Crippen LogP contribution < -0.4 is 0 Å². The first-order valence-corrected chi connectivity index (χ1v) is 7.33. The molecule has 0 aromatic carbocycles. The monoisotopic (exact) mass is 282 g/mol. The number of ether oxygens (including phenoxy) is 1. The van der Waals surface area contributed by atoms with Gasteiger partial charge in [-0.15, -0.1) is 0 Å². The molecular formula is C13H18N2O3S. The van der Waals surface area contributed by atoms with Gasteiger partial charge in [-0.3, -0.25) is 9.59 Å². The van der Waals surface area contributed by atoms with Crippen LogP contribution in [0.15, 0.2) is 0 Å². The Morgan fingerprint density at radius 2 is 1.68 bits per heavy atom. The van der Waals surface area contributed by atoms with Gasteiger partial charge in [-0.05, 0) is 38.9 Å². The lowest BCUT2D eigenvalue weighted by atomic mass is 9.81. The molecule has 0 N–H and O–H groups in total. The summed E-state index contributed by atoms with van der Waals surface area (Å²) in [6, 6.07) is 0. The number of imide groups is 1. The summed E-state index contributed by atoms with van der Waals surface area (Å²) in [5.41, 5.74) is 0. The van der Waals surface area contributed by atoms with Gasteiger partial charge in [0.15, 0.2) is 5.11 Å². The molecule has 3 heterocycles. The third-order valence-corrected chi connectivity index (χ3v) is 4.95. The first-order chi connectivity index (χ1) is 9.10. The van der Waals surface area contributed by atoms with Crippen molar-refractivity contribution in [1.29, 1.82) is 0 Å². The summed E-state index contributed by atoms with van der Waals surface area (Å²) >= 11 is 5.33. The molecule has 3 aliphatic heterocycles. The highest BCUT2D eigenvalue weighted by Crippen LogP contribution is 2.48. The van der Waals surface area contributed by atoms with Crippen LogP contribution in [0.5, 0.6) is 0 Å². The molecule has 0 aromatic rings. The molecule has 0 spiro atoms. The summed E-state index contributed by atoms with van der Waals surface area (Å²) in [5, 5.41) is 0.355. The number of nitrogens with zero attached hydrogens (tertiary/aromatic N) is 2. The SMILES string of the molecule is CCN(CC)C(=S)N1C(=O)C2C3CCC(O3)C2C1=O. The molecule has 4 atom stereocenters. The molecule has 6 heteroatoms. The van der Waals surface area contributed by atoms with Crippen LogP contribution in [0.3, 0.4) is 0 Å². The van der Waals surface area contributed by atoms with E-state index in [2.05, 4.69) is 0 Å². The fourth-order valence-electron chi connectivity index (χ4n) is 3.54. The quantitative estimate of drug-likeness (QED) is 0.553. The molecule has 104 valence electrons.